The fourth-order valence-corrected chi connectivity index (χ4v) is 3.09. The number of hydrogen-bond donors (Lipinski definition) is 1. The molecule has 1 fully saturated rings. The minimum absolute atomic E-state index is 0.0142. The molecule has 0 saturated carbocycles. The number of nitrogens with one attached hydrogen (secondary N) is 1. The summed E-state index contributed by atoms with van der Waals surface area (Å²) in [4.78, 5) is 28.5. The second kappa shape index (κ2) is 10.8. The lowest BCUT2D eigenvalue weighted by Gasteiger charge is -2.30. The maximum Gasteiger partial charge on any atom is 0.241 e. The first-order valence-electron chi connectivity index (χ1n) is 10.2. The maximum absolute atomic E-state index is 12.6. The summed E-state index contributed by atoms with van der Waals surface area (Å²) >= 11 is 0. The molecule has 3 rings (SSSR count). The van der Waals surface area contributed by atoms with Crippen LogP contribution < -0.4 is 10.1 Å². The van der Waals surface area contributed by atoms with Crippen LogP contribution >= 0.6 is 0 Å². The zero-order valence-electron chi connectivity index (χ0n) is 17.5. The first-order valence-corrected chi connectivity index (χ1v) is 10.2. The molecule has 7 nitrogen and oxygen atoms in total. The van der Waals surface area contributed by atoms with Gasteiger partial charge in [-0.2, -0.15) is 0 Å². The van der Waals surface area contributed by atoms with Crippen LogP contribution in [0.4, 0.5) is 5.69 Å². The van der Waals surface area contributed by atoms with Crippen molar-refractivity contribution in [3.05, 3.63) is 60.2 Å². The van der Waals surface area contributed by atoms with E-state index in [1.165, 1.54) is 0 Å². The second-order valence-corrected chi connectivity index (χ2v) is 7.37. The molecule has 1 saturated heterocycles. The highest BCUT2D eigenvalue weighted by atomic mass is 16.5. The topological polar surface area (TPSA) is 71.1 Å². The lowest BCUT2D eigenvalue weighted by atomic mass is 10.2. The fourth-order valence-electron chi connectivity index (χ4n) is 3.09. The number of amides is 2. The van der Waals surface area contributed by atoms with E-state index in [9.17, 15) is 9.59 Å². The van der Waals surface area contributed by atoms with E-state index in [0.717, 1.165) is 11.3 Å². The second-order valence-electron chi connectivity index (χ2n) is 7.37. The number of benzene rings is 2. The average molecular weight is 412 g/mol. The Morgan fingerprint density at radius 1 is 1.10 bits per heavy atom. The number of nitrogens with zero attached hydrogens (tertiary/aromatic N) is 2. The van der Waals surface area contributed by atoms with Gasteiger partial charge in [-0.1, -0.05) is 30.3 Å². The number of likely N-dealkylation sites (N-methyl/N-ethyl adjacent to an activating group) is 1. The molecule has 2 amide bonds. The monoisotopic (exact) mass is 411 g/mol. The van der Waals surface area contributed by atoms with Crippen molar-refractivity contribution >= 4 is 17.5 Å². The largest absolute Gasteiger partial charge is 0.489 e. The van der Waals surface area contributed by atoms with Gasteiger partial charge in [-0.25, -0.2) is 0 Å². The van der Waals surface area contributed by atoms with E-state index in [0.29, 0.717) is 38.6 Å². The summed E-state index contributed by atoms with van der Waals surface area (Å²) in [7, 11) is 1.78. The lowest BCUT2D eigenvalue weighted by Crippen LogP contribution is -2.48. The molecule has 160 valence electrons. The van der Waals surface area contributed by atoms with Gasteiger partial charge in [0.15, 0.2) is 0 Å². The predicted molar refractivity (Wildman–Crippen MR) is 115 cm³/mol. The van der Waals surface area contributed by atoms with Gasteiger partial charge in [0.2, 0.25) is 11.8 Å². The summed E-state index contributed by atoms with van der Waals surface area (Å²) in [5.41, 5.74) is 1.78. The normalized spacial score (nSPS) is 15.0. The molecule has 0 bridgehead atoms. The van der Waals surface area contributed by atoms with Crippen LogP contribution in [0.15, 0.2) is 54.6 Å². The zero-order valence-corrected chi connectivity index (χ0v) is 17.5. The van der Waals surface area contributed by atoms with Crippen LogP contribution in [-0.4, -0.2) is 67.6 Å². The number of hydrogen-bond acceptors (Lipinski definition) is 5. The molecule has 0 spiro atoms. The minimum Gasteiger partial charge on any atom is -0.489 e. The third kappa shape index (κ3) is 6.30. The molecule has 30 heavy (non-hydrogen) atoms. The minimum atomic E-state index is -0.441. The van der Waals surface area contributed by atoms with Gasteiger partial charge < -0.3 is 19.7 Å². The van der Waals surface area contributed by atoms with Crippen LogP contribution in [0.25, 0.3) is 0 Å². The summed E-state index contributed by atoms with van der Waals surface area (Å²) in [6.45, 7) is 4.82. The first-order chi connectivity index (χ1) is 14.5. The molecule has 0 unspecified atom stereocenters. The molecular weight excluding hydrogens is 382 g/mol. The molecule has 1 aliphatic heterocycles. The Labute approximate surface area is 177 Å². The van der Waals surface area contributed by atoms with Gasteiger partial charge in [0.1, 0.15) is 12.4 Å². The standard InChI is InChI=1S/C23H29N3O4/c1-18(25(2)16-22(27)26-12-14-29-15-13-26)23(28)24-20-8-10-21(11-9-20)30-17-19-6-4-3-5-7-19/h3-11,18H,12-17H2,1-2H3,(H,24,28)/t18-/m1/s1. The van der Waals surface area contributed by atoms with Gasteiger partial charge in [-0.3, -0.25) is 14.5 Å². The van der Waals surface area contributed by atoms with Gasteiger partial charge >= 0.3 is 0 Å². The molecule has 1 atom stereocenters. The average Bonchev–Trinajstić information content (AvgIpc) is 2.79. The summed E-state index contributed by atoms with van der Waals surface area (Å²) in [5.74, 6) is 0.587. The Balaban J connectivity index is 1.46. The number of ether oxygens (including phenoxy) is 2. The van der Waals surface area contributed by atoms with Crippen molar-refractivity contribution in [2.45, 2.75) is 19.6 Å². The van der Waals surface area contributed by atoms with Crippen molar-refractivity contribution in [3.8, 4) is 5.75 Å². The molecule has 1 N–H and O–H groups in total. The molecule has 1 aliphatic rings. The van der Waals surface area contributed by atoms with E-state index >= 15 is 0 Å². The van der Waals surface area contributed by atoms with E-state index in [2.05, 4.69) is 5.32 Å². The third-order valence-electron chi connectivity index (χ3n) is 5.16. The smallest absolute Gasteiger partial charge is 0.241 e. The number of carbonyl (C=O) groups is 2. The Kier molecular flexibility index (Phi) is 7.82. The Morgan fingerprint density at radius 3 is 2.43 bits per heavy atom. The highest BCUT2D eigenvalue weighted by Crippen LogP contribution is 2.17. The van der Waals surface area contributed by atoms with E-state index in [1.807, 2.05) is 54.6 Å². The Hall–Kier alpha value is -2.90. The van der Waals surface area contributed by atoms with E-state index in [-0.39, 0.29) is 18.4 Å². The molecule has 2 aromatic carbocycles. The lowest BCUT2D eigenvalue weighted by molar-refractivity contribution is -0.137. The van der Waals surface area contributed by atoms with Crippen LogP contribution in [-0.2, 0) is 20.9 Å². The van der Waals surface area contributed by atoms with Crippen LogP contribution in [0, 0.1) is 0 Å². The molecule has 0 aromatic heterocycles. The van der Waals surface area contributed by atoms with E-state index < -0.39 is 6.04 Å². The molecule has 2 aromatic rings. The van der Waals surface area contributed by atoms with Crippen molar-refractivity contribution in [3.63, 3.8) is 0 Å². The Morgan fingerprint density at radius 2 is 1.77 bits per heavy atom. The summed E-state index contributed by atoms with van der Waals surface area (Å²) in [6.07, 6.45) is 0. The highest BCUT2D eigenvalue weighted by molar-refractivity contribution is 5.95. The van der Waals surface area contributed by atoms with Crippen LogP contribution in [0.5, 0.6) is 5.75 Å². The maximum atomic E-state index is 12.6. The molecule has 7 heteroatoms. The molecule has 1 heterocycles. The van der Waals surface area contributed by atoms with E-state index in [1.54, 1.807) is 23.8 Å². The van der Waals surface area contributed by atoms with Gasteiger partial charge in [-0.05, 0) is 43.8 Å². The van der Waals surface area contributed by atoms with Crippen molar-refractivity contribution in [1.29, 1.82) is 0 Å². The summed E-state index contributed by atoms with van der Waals surface area (Å²) < 4.78 is 11.0. The zero-order chi connectivity index (χ0) is 21.3. The van der Waals surface area contributed by atoms with Gasteiger partial charge in [0.05, 0.1) is 25.8 Å². The molecular formula is C23H29N3O4. The van der Waals surface area contributed by atoms with Crippen molar-refractivity contribution in [1.82, 2.24) is 9.80 Å². The van der Waals surface area contributed by atoms with Crippen LogP contribution in [0.2, 0.25) is 0 Å². The van der Waals surface area contributed by atoms with Crippen LogP contribution in [0.1, 0.15) is 12.5 Å². The van der Waals surface area contributed by atoms with Crippen molar-refractivity contribution in [2.24, 2.45) is 0 Å². The highest BCUT2D eigenvalue weighted by Gasteiger charge is 2.23. The quantitative estimate of drug-likeness (QED) is 0.722. The van der Waals surface area contributed by atoms with Crippen molar-refractivity contribution in [2.75, 3.05) is 45.2 Å². The van der Waals surface area contributed by atoms with Gasteiger partial charge in [-0.15, -0.1) is 0 Å². The number of rotatable bonds is 8. The first kappa shape index (κ1) is 21.8. The van der Waals surface area contributed by atoms with Crippen LogP contribution in [0.3, 0.4) is 0 Å². The Bertz CT molecular complexity index is 820. The molecule has 0 radical (unpaired) electrons. The number of morpholine rings is 1. The number of anilines is 1. The molecule has 0 aliphatic carbocycles. The van der Waals surface area contributed by atoms with Gasteiger partial charge in [0, 0.05) is 18.8 Å². The number of carbonyl (C=O) groups excluding carboxylic acids is 2. The predicted octanol–water partition coefficient (Wildman–Crippen LogP) is 2.38. The summed E-state index contributed by atoms with van der Waals surface area (Å²) in [6, 6.07) is 16.8. The van der Waals surface area contributed by atoms with E-state index in [4.69, 9.17) is 9.47 Å². The fraction of sp³-hybridized carbons (Fsp3) is 0.391. The van der Waals surface area contributed by atoms with Gasteiger partial charge in [0.25, 0.3) is 0 Å². The summed E-state index contributed by atoms with van der Waals surface area (Å²) in [5, 5.41) is 2.90. The van der Waals surface area contributed by atoms with Crippen molar-refractivity contribution < 1.29 is 19.1 Å². The third-order valence-corrected chi connectivity index (χ3v) is 5.16. The SMILES string of the molecule is C[C@H](C(=O)Nc1ccc(OCc2ccccc2)cc1)N(C)CC(=O)N1CCOCC1.